The standard InChI is InChI=1S/C22H25N3O/c1-14-10-19-8-9-21(14)24(19)13-22(26)20-11-15(2)25(16(20)3)18-6-4-17(12-23)5-7-18/h4-7,11,14,19,21H,8-10,13H2,1-3H3/t14-,19+,21-/m0/s1. The van der Waals surface area contributed by atoms with Crippen LogP contribution in [0.5, 0.6) is 0 Å². The first-order chi connectivity index (χ1) is 12.5. The van der Waals surface area contributed by atoms with Gasteiger partial charge in [0.1, 0.15) is 0 Å². The quantitative estimate of drug-likeness (QED) is 0.785. The molecule has 1 aromatic heterocycles. The summed E-state index contributed by atoms with van der Waals surface area (Å²) in [5.74, 6) is 0.941. The first-order valence-electron chi connectivity index (χ1n) is 9.48. The van der Waals surface area contributed by atoms with Gasteiger partial charge < -0.3 is 4.57 Å². The smallest absolute Gasteiger partial charge is 0.178 e. The predicted molar refractivity (Wildman–Crippen MR) is 102 cm³/mol. The number of hydrogen-bond acceptors (Lipinski definition) is 3. The Morgan fingerprint density at radius 3 is 2.54 bits per heavy atom. The van der Waals surface area contributed by atoms with E-state index < -0.39 is 0 Å². The van der Waals surface area contributed by atoms with Crippen LogP contribution in [0.3, 0.4) is 0 Å². The molecule has 4 nitrogen and oxygen atoms in total. The minimum absolute atomic E-state index is 0.226. The van der Waals surface area contributed by atoms with Crippen LogP contribution in [-0.4, -0.2) is 33.9 Å². The second-order valence-corrected chi connectivity index (χ2v) is 7.89. The number of carbonyl (C=O) groups excluding carboxylic acids is 1. The van der Waals surface area contributed by atoms with Crippen LogP contribution in [0.15, 0.2) is 30.3 Å². The van der Waals surface area contributed by atoms with Gasteiger partial charge in [-0.15, -0.1) is 0 Å². The van der Waals surface area contributed by atoms with Gasteiger partial charge in [-0.05, 0) is 69.4 Å². The lowest BCUT2D eigenvalue weighted by molar-refractivity contribution is 0.0913. The van der Waals surface area contributed by atoms with Crippen molar-refractivity contribution in [2.45, 2.75) is 52.1 Å². The number of fused-ring (bicyclic) bond motifs is 2. The number of rotatable bonds is 4. The SMILES string of the molecule is Cc1cc(C(=O)CN2[C@@H]3CC[C@H]2[C@@H](C)C3)c(C)n1-c1ccc(C#N)cc1. The van der Waals surface area contributed by atoms with Crippen LogP contribution < -0.4 is 0 Å². The summed E-state index contributed by atoms with van der Waals surface area (Å²) >= 11 is 0. The molecule has 2 aromatic rings. The molecule has 2 bridgehead atoms. The van der Waals surface area contributed by atoms with Gasteiger partial charge in [0.05, 0.1) is 18.2 Å². The molecule has 0 radical (unpaired) electrons. The third-order valence-electron chi connectivity index (χ3n) is 6.30. The Bertz CT molecular complexity index is 887. The Hall–Kier alpha value is -2.38. The van der Waals surface area contributed by atoms with E-state index in [2.05, 4.69) is 22.5 Å². The molecule has 0 unspecified atom stereocenters. The average Bonchev–Trinajstić information content (AvgIpc) is 3.25. The van der Waals surface area contributed by atoms with E-state index in [1.54, 1.807) is 0 Å². The van der Waals surface area contributed by atoms with Gasteiger partial charge in [0.2, 0.25) is 0 Å². The molecule has 26 heavy (non-hydrogen) atoms. The first kappa shape index (κ1) is 17.1. The van der Waals surface area contributed by atoms with E-state index in [1.807, 2.05) is 44.2 Å². The fourth-order valence-corrected chi connectivity index (χ4v) is 5.04. The highest BCUT2D eigenvalue weighted by Gasteiger charge is 2.44. The maximum absolute atomic E-state index is 13.0. The number of benzene rings is 1. The largest absolute Gasteiger partial charge is 0.318 e. The van der Waals surface area contributed by atoms with Crippen molar-refractivity contribution in [2.24, 2.45) is 5.92 Å². The second-order valence-electron chi connectivity index (χ2n) is 7.89. The number of hydrogen-bond donors (Lipinski definition) is 0. The molecule has 0 aliphatic carbocycles. The molecule has 0 N–H and O–H groups in total. The maximum atomic E-state index is 13.0. The van der Waals surface area contributed by atoms with Gasteiger partial charge in [0, 0.05) is 34.7 Å². The molecule has 3 atom stereocenters. The van der Waals surface area contributed by atoms with E-state index in [-0.39, 0.29) is 5.78 Å². The van der Waals surface area contributed by atoms with E-state index in [9.17, 15) is 4.79 Å². The van der Waals surface area contributed by atoms with Gasteiger partial charge in [-0.2, -0.15) is 5.26 Å². The van der Waals surface area contributed by atoms with Crippen molar-refractivity contribution in [3.8, 4) is 11.8 Å². The van der Waals surface area contributed by atoms with E-state index in [4.69, 9.17) is 5.26 Å². The van der Waals surface area contributed by atoms with Crippen molar-refractivity contribution in [1.29, 1.82) is 5.26 Å². The van der Waals surface area contributed by atoms with E-state index in [1.165, 1.54) is 19.3 Å². The summed E-state index contributed by atoms with van der Waals surface area (Å²) in [6, 6.07) is 12.9. The highest BCUT2D eigenvalue weighted by molar-refractivity contribution is 5.99. The van der Waals surface area contributed by atoms with Gasteiger partial charge in [0.15, 0.2) is 5.78 Å². The van der Waals surface area contributed by atoms with Crippen LogP contribution >= 0.6 is 0 Å². The van der Waals surface area contributed by atoms with Crippen LogP contribution in [0.4, 0.5) is 0 Å². The maximum Gasteiger partial charge on any atom is 0.178 e. The highest BCUT2D eigenvalue weighted by atomic mass is 16.1. The molecule has 1 aromatic carbocycles. The van der Waals surface area contributed by atoms with Gasteiger partial charge >= 0.3 is 0 Å². The van der Waals surface area contributed by atoms with Crippen LogP contribution in [0.1, 0.15) is 53.5 Å². The van der Waals surface area contributed by atoms with Crippen molar-refractivity contribution >= 4 is 5.78 Å². The molecular weight excluding hydrogens is 322 g/mol. The summed E-state index contributed by atoms with van der Waals surface area (Å²) in [5, 5.41) is 8.98. The van der Waals surface area contributed by atoms with Crippen LogP contribution in [0, 0.1) is 31.1 Å². The monoisotopic (exact) mass is 347 g/mol. The van der Waals surface area contributed by atoms with Gasteiger partial charge in [-0.1, -0.05) is 6.92 Å². The zero-order valence-electron chi connectivity index (χ0n) is 15.7. The number of aromatic nitrogens is 1. The molecule has 0 spiro atoms. The molecule has 4 heteroatoms. The Morgan fingerprint density at radius 1 is 1.23 bits per heavy atom. The van der Waals surface area contributed by atoms with E-state index >= 15 is 0 Å². The number of nitrogens with zero attached hydrogens (tertiary/aromatic N) is 3. The second kappa shape index (κ2) is 6.41. The van der Waals surface area contributed by atoms with Gasteiger partial charge in [-0.25, -0.2) is 0 Å². The lowest BCUT2D eigenvalue weighted by Crippen LogP contribution is -2.35. The van der Waals surface area contributed by atoms with Crippen LogP contribution in [-0.2, 0) is 0 Å². The Labute approximate surface area is 155 Å². The van der Waals surface area contributed by atoms with Gasteiger partial charge in [0.25, 0.3) is 0 Å². The summed E-state index contributed by atoms with van der Waals surface area (Å²) in [6.45, 7) is 6.90. The molecule has 2 aliphatic rings. The number of ketones is 1. The number of nitriles is 1. The van der Waals surface area contributed by atoms with Crippen LogP contribution in [0.2, 0.25) is 0 Å². The zero-order chi connectivity index (χ0) is 18.4. The molecule has 0 saturated carbocycles. The summed E-state index contributed by atoms with van der Waals surface area (Å²) in [4.78, 5) is 15.5. The van der Waals surface area contributed by atoms with Crippen molar-refractivity contribution in [1.82, 2.24) is 9.47 Å². The molecule has 134 valence electrons. The Balaban J connectivity index is 1.60. The van der Waals surface area contributed by atoms with Crippen LogP contribution in [0.25, 0.3) is 5.69 Å². The molecule has 2 aliphatic heterocycles. The third kappa shape index (κ3) is 2.68. The average molecular weight is 347 g/mol. The zero-order valence-corrected chi connectivity index (χ0v) is 15.7. The number of Topliss-reactive ketones (excluding diaryl/α,β-unsaturated/α-hetero) is 1. The van der Waals surface area contributed by atoms with E-state index in [0.29, 0.717) is 30.1 Å². The molecule has 0 amide bonds. The fourth-order valence-electron chi connectivity index (χ4n) is 5.04. The first-order valence-corrected chi connectivity index (χ1v) is 9.48. The molecule has 2 saturated heterocycles. The molecule has 4 rings (SSSR count). The third-order valence-corrected chi connectivity index (χ3v) is 6.30. The molecule has 3 heterocycles. The van der Waals surface area contributed by atoms with Crippen molar-refractivity contribution in [3.63, 3.8) is 0 Å². The van der Waals surface area contributed by atoms with Crippen molar-refractivity contribution < 1.29 is 4.79 Å². The Morgan fingerprint density at radius 2 is 1.96 bits per heavy atom. The van der Waals surface area contributed by atoms with Gasteiger partial charge in [-0.3, -0.25) is 9.69 Å². The van der Waals surface area contributed by atoms with Crippen molar-refractivity contribution in [2.75, 3.05) is 6.54 Å². The molecule has 2 fully saturated rings. The lowest BCUT2D eigenvalue weighted by Gasteiger charge is -2.21. The molecular formula is C22H25N3O. The normalized spacial score (nSPS) is 24.8. The Kier molecular flexibility index (Phi) is 4.20. The highest BCUT2D eigenvalue weighted by Crippen LogP contribution is 2.41. The minimum atomic E-state index is 0.226. The number of aryl methyl sites for hydroxylation is 1. The summed E-state index contributed by atoms with van der Waals surface area (Å²) in [5.41, 5.74) is 4.50. The van der Waals surface area contributed by atoms with Crippen molar-refractivity contribution in [3.05, 3.63) is 52.8 Å². The lowest BCUT2D eigenvalue weighted by atomic mass is 9.91. The number of carbonyl (C=O) groups is 1. The summed E-state index contributed by atoms with van der Waals surface area (Å²) in [7, 11) is 0. The topological polar surface area (TPSA) is 49.0 Å². The predicted octanol–water partition coefficient (Wildman–Crippen LogP) is 4.02. The summed E-state index contributed by atoms with van der Waals surface area (Å²) < 4.78 is 2.11. The fraction of sp³-hybridized carbons (Fsp3) is 0.455. The van der Waals surface area contributed by atoms with E-state index in [0.717, 1.165) is 22.6 Å². The summed E-state index contributed by atoms with van der Waals surface area (Å²) in [6.07, 6.45) is 3.72. The minimum Gasteiger partial charge on any atom is -0.318 e.